The summed E-state index contributed by atoms with van der Waals surface area (Å²) in [5.74, 6) is 1.18. The number of fused-ring (bicyclic) bond motifs is 2. The molecule has 3 fully saturated rings. The zero-order valence-electron chi connectivity index (χ0n) is 10.7. The molecule has 4 heteroatoms. The predicted molar refractivity (Wildman–Crippen MR) is 66.7 cm³/mol. The Balaban J connectivity index is 1.61. The van der Waals surface area contributed by atoms with E-state index >= 15 is 0 Å². The lowest BCUT2D eigenvalue weighted by Gasteiger charge is -2.36. The highest BCUT2D eigenvalue weighted by molar-refractivity contribution is 5.82. The molecule has 1 saturated carbocycles. The van der Waals surface area contributed by atoms with E-state index in [0.29, 0.717) is 11.9 Å². The molecule has 0 aromatic rings. The van der Waals surface area contributed by atoms with Gasteiger partial charge in [-0.25, -0.2) is 0 Å². The van der Waals surface area contributed by atoms with Gasteiger partial charge in [0.2, 0.25) is 5.91 Å². The number of piperidine rings is 1. The van der Waals surface area contributed by atoms with Gasteiger partial charge in [-0.3, -0.25) is 9.69 Å². The second-order valence-corrected chi connectivity index (χ2v) is 5.79. The molecule has 2 saturated heterocycles. The molecule has 1 aliphatic carbocycles. The van der Waals surface area contributed by atoms with E-state index in [-0.39, 0.29) is 6.04 Å². The Labute approximate surface area is 103 Å². The lowest BCUT2D eigenvalue weighted by Crippen LogP contribution is -2.54. The van der Waals surface area contributed by atoms with Crippen LogP contribution in [-0.4, -0.2) is 60.5 Å². The average Bonchev–Trinajstić information content (AvgIpc) is 3.00. The van der Waals surface area contributed by atoms with Gasteiger partial charge < -0.3 is 10.2 Å². The Morgan fingerprint density at radius 1 is 1.29 bits per heavy atom. The zero-order chi connectivity index (χ0) is 11.8. The van der Waals surface area contributed by atoms with Crippen LogP contribution in [-0.2, 0) is 4.79 Å². The summed E-state index contributed by atoms with van der Waals surface area (Å²) < 4.78 is 0. The molecule has 17 heavy (non-hydrogen) atoms. The van der Waals surface area contributed by atoms with E-state index in [4.69, 9.17) is 0 Å². The second kappa shape index (κ2) is 4.58. The summed E-state index contributed by atoms with van der Waals surface area (Å²) in [6, 6.07) is 0.648. The van der Waals surface area contributed by atoms with Crippen LogP contribution in [0.3, 0.4) is 0 Å². The van der Waals surface area contributed by atoms with Crippen molar-refractivity contribution in [3.8, 4) is 0 Å². The summed E-state index contributed by atoms with van der Waals surface area (Å²) in [7, 11) is 0. The van der Waals surface area contributed by atoms with E-state index in [1.807, 2.05) is 0 Å². The van der Waals surface area contributed by atoms with E-state index in [1.54, 1.807) is 0 Å². The summed E-state index contributed by atoms with van der Waals surface area (Å²) in [5.41, 5.74) is 0. The number of amides is 1. The van der Waals surface area contributed by atoms with Crippen LogP contribution in [0.5, 0.6) is 0 Å². The highest BCUT2D eigenvalue weighted by atomic mass is 16.2. The van der Waals surface area contributed by atoms with E-state index in [1.165, 1.54) is 19.3 Å². The summed E-state index contributed by atoms with van der Waals surface area (Å²) >= 11 is 0. The first-order valence-corrected chi connectivity index (χ1v) is 7.01. The average molecular weight is 237 g/mol. The molecule has 4 nitrogen and oxygen atoms in total. The van der Waals surface area contributed by atoms with Crippen LogP contribution in [0.15, 0.2) is 0 Å². The topological polar surface area (TPSA) is 35.6 Å². The van der Waals surface area contributed by atoms with Crippen LogP contribution in [0.25, 0.3) is 0 Å². The SMILES string of the molecule is CC(C(=O)N1CC2CCC1C2)N1CCNCC1. The van der Waals surface area contributed by atoms with Crippen LogP contribution in [0.4, 0.5) is 0 Å². The van der Waals surface area contributed by atoms with Crippen LogP contribution in [0.2, 0.25) is 0 Å². The molecule has 1 N–H and O–H groups in total. The standard InChI is InChI=1S/C13H23N3O/c1-10(15-6-4-14-5-7-15)13(17)16-9-11-2-3-12(16)8-11/h10-12,14H,2-9H2,1H3. The fourth-order valence-corrected chi connectivity index (χ4v) is 3.66. The van der Waals surface area contributed by atoms with E-state index < -0.39 is 0 Å². The second-order valence-electron chi connectivity index (χ2n) is 5.79. The summed E-state index contributed by atoms with van der Waals surface area (Å²) in [4.78, 5) is 17.0. The van der Waals surface area contributed by atoms with Gasteiger partial charge in [0.25, 0.3) is 0 Å². The predicted octanol–water partition coefficient (Wildman–Crippen LogP) is 0.291. The van der Waals surface area contributed by atoms with Gasteiger partial charge in [-0.15, -0.1) is 0 Å². The Kier molecular flexibility index (Phi) is 3.09. The molecule has 0 aromatic carbocycles. The smallest absolute Gasteiger partial charge is 0.239 e. The van der Waals surface area contributed by atoms with Crippen molar-refractivity contribution >= 4 is 5.91 Å². The highest BCUT2D eigenvalue weighted by Gasteiger charge is 2.42. The molecule has 3 rings (SSSR count). The maximum atomic E-state index is 12.5. The van der Waals surface area contributed by atoms with Crippen molar-refractivity contribution in [2.75, 3.05) is 32.7 Å². The van der Waals surface area contributed by atoms with Gasteiger partial charge in [-0.1, -0.05) is 0 Å². The minimum Gasteiger partial charge on any atom is -0.338 e. The van der Waals surface area contributed by atoms with Crippen LogP contribution in [0.1, 0.15) is 26.2 Å². The molecule has 1 amide bonds. The molecule has 0 aromatic heterocycles. The van der Waals surface area contributed by atoms with Crippen molar-refractivity contribution in [3.63, 3.8) is 0 Å². The zero-order valence-corrected chi connectivity index (χ0v) is 10.7. The van der Waals surface area contributed by atoms with Gasteiger partial charge in [0.1, 0.15) is 0 Å². The molecule has 3 atom stereocenters. The molecular weight excluding hydrogens is 214 g/mol. The third-order valence-electron chi connectivity index (χ3n) is 4.75. The van der Waals surface area contributed by atoms with E-state index in [0.717, 1.165) is 38.6 Å². The van der Waals surface area contributed by atoms with Gasteiger partial charge in [0.05, 0.1) is 6.04 Å². The largest absolute Gasteiger partial charge is 0.338 e. The van der Waals surface area contributed by atoms with Gasteiger partial charge in [-0.05, 0) is 32.1 Å². The number of hydrogen-bond acceptors (Lipinski definition) is 3. The Bertz CT molecular complexity index is 301. The number of hydrogen-bond donors (Lipinski definition) is 1. The lowest BCUT2D eigenvalue weighted by atomic mass is 10.1. The molecule has 2 bridgehead atoms. The molecule has 0 radical (unpaired) electrons. The van der Waals surface area contributed by atoms with Crippen LogP contribution >= 0.6 is 0 Å². The van der Waals surface area contributed by atoms with Crippen molar-refractivity contribution in [1.29, 1.82) is 0 Å². The third kappa shape index (κ3) is 2.08. The Morgan fingerprint density at radius 3 is 2.65 bits per heavy atom. The van der Waals surface area contributed by atoms with Crippen molar-refractivity contribution in [2.24, 2.45) is 5.92 Å². The van der Waals surface area contributed by atoms with Crippen molar-refractivity contribution in [1.82, 2.24) is 15.1 Å². The number of nitrogens with zero attached hydrogens (tertiary/aromatic N) is 2. The quantitative estimate of drug-likeness (QED) is 0.750. The minimum absolute atomic E-state index is 0.0800. The van der Waals surface area contributed by atoms with Gasteiger partial charge >= 0.3 is 0 Å². The van der Waals surface area contributed by atoms with Gasteiger partial charge in [-0.2, -0.15) is 0 Å². The monoisotopic (exact) mass is 237 g/mol. The van der Waals surface area contributed by atoms with E-state index in [2.05, 4.69) is 22.0 Å². The lowest BCUT2D eigenvalue weighted by molar-refractivity contribution is -0.138. The first-order chi connectivity index (χ1) is 8.25. The molecule has 2 aliphatic heterocycles. The van der Waals surface area contributed by atoms with Gasteiger partial charge in [0, 0.05) is 38.8 Å². The number of piperazine rings is 1. The van der Waals surface area contributed by atoms with Crippen LogP contribution < -0.4 is 5.32 Å². The molecule has 2 heterocycles. The van der Waals surface area contributed by atoms with Gasteiger partial charge in [0.15, 0.2) is 0 Å². The molecule has 3 aliphatic rings. The third-order valence-corrected chi connectivity index (χ3v) is 4.75. The molecule has 96 valence electrons. The molecule has 0 spiro atoms. The number of likely N-dealkylation sites (tertiary alicyclic amines) is 1. The fraction of sp³-hybridized carbons (Fsp3) is 0.923. The van der Waals surface area contributed by atoms with Crippen LogP contribution in [0, 0.1) is 5.92 Å². The molecular formula is C13H23N3O. The number of rotatable bonds is 2. The highest BCUT2D eigenvalue weighted by Crippen LogP contribution is 2.37. The Hall–Kier alpha value is -0.610. The summed E-state index contributed by atoms with van der Waals surface area (Å²) in [6.45, 7) is 7.16. The number of carbonyl (C=O) groups is 1. The first-order valence-electron chi connectivity index (χ1n) is 7.01. The Morgan fingerprint density at radius 2 is 2.06 bits per heavy atom. The van der Waals surface area contributed by atoms with Crippen molar-refractivity contribution in [2.45, 2.75) is 38.3 Å². The first kappa shape index (κ1) is 11.5. The number of nitrogens with one attached hydrogen (secondary N) is 1. The minimum atomic E-state index is 0.0800. The summed E-state index contributed by atoms with van der Waals surface area (Å²) in [6.07, 6.45) is 3.85. The molecule has 3 unspecified atom stereocenters. The number of carbonyl (C=O) groups excluding carboxylic acids is 1. The maximum Gasteiger partial charge on any atom is 0.239 e. The fourth-order valence-electron chi connectivity index (χ4n) is 3.66. The van der Waals surface area contributed by atoms with Crippen molar-refractivity contribution in [3.05, 3.63) is 0 Å². The maximum absolute atomic E-state index is 12.5. The van der Waals surface area contributed by atoms with E-state index in [9.17, 15) is 4.79 Å². The normalized spacial score (nSPS) is 35.2. The van der Waals surface area contributed by atoms with Crippen molar-refractivity contribution < 1.29 is 4.79 Å². The summed E-state index contributed by atoms with van der Waals surface area (Å²) in [5, 5.41) is 3.34.